The molecule has 0 heterocycles. The molecule has 0 aliphatic rings. The van der Waals surface area contributed by atoms with Gasteiger partial charge in [0.05, 0.1) is 26.4 Å². The maximum atomic E-state index is 12.2. The number of carbonyl (C=O) groups is 4. The van der Waals surface area contributed by atoms with E-state index in [1.54, 1.807) is 0 Å². The Morgan fingerprint density at radius 1 is 0.675 bits per heavy atom. The van der Waals surface area contributed by atoms with E-state index in [1.807, 2.05) is 6.92 Å². The Kier molecular flexibility index (Phi) is 28.1. The summed E-state index contributed by atoms with van der Waals surface area (Å²) in [6.07, 6.45) is 14.7. The van der Waals surface area contributed by atoms with Crippen molar-refractivity contribution >= 4 is 24.2 Å². The van der Waals surface area contributed by atoms with Crippen molar-refractivity contribution < 1.29 is 38.5 Å². The van der Waals surface area contributed by atoms with E-state index >= 15 is 0 Å². The minimum Gasteiger partial charge on any atom is -0.480 e. The fourth-order valence-corrected chi connectivity index (χ4v) is 4.06. The molecule has 234 valence electrons. The van der Waals surface area contributed by atoms with Gasteiger partial charge in [0.2, 0.25) is 18.2 Å². The van der Waals surface area contributed by atoms with E-state index in [9.17, 15) is 24.3 Å². The Morgan fingerprint density at radius 3 is 1.82 bits per heavy atom. The molecule has 1 unspecified atom stereocenters. The molecule has 3 amide bonds. The number of nitrogens with one attached hydrogen (secondary N) is 3. The molecule has 0 bridgehead atoms. The van der Waals surface area contributed by atoms with Crippen LogP contribution in [-0.4, -0.2) is 88.1 Å². The predicted molar refractivity (Wildman–Crippen MR) is 154 cm³/mol. The first-order valence-corrected chi connectivity index (χ1v) is 15.2. The number of hydrogen-bond donors (Lipinski definition) is 4. The van der Waals surface area contributed by atoms with E-state index in [1.165, 1.54) is 44.9 Å². The monoisotopic (exact) mass is 573 g/mol. The van der Waals surface area contributed by atoms with Gasteiger partial charge >= 0.3 is 5.97 Å². The molecule has 0 aromatic carbocycles. The van der Waals surface area contributed by atoms with Crippen LogP contribution in [0, 0.1) is 0 Å². The van der Waals surface area contributed by atoms with Gasteiger partial charge in [0.1, 0.15) is 6.04 Å². The highest BCUT2D eigenvalue weighted by atomic mass is 16.5. The molecule has 11 heteroatoms. The number of carbonyl (C=O) groups excluding carboxylic acids is 3. The molecule has 0 aromatic rings. The van der Waals surface area contributed by atoms with E-state index in [-0.39, 0.29) is 24.7 Å². The number of carboxylic acids is 1. The van der Waals surface area contributed by atoms with Gasteiger partial charge in [-0.15, -0.1) is 0 Å². The van der Waals surface area contributed by atoms with Crippen LogP contribution in [0.3, 0.4) is 0 Å². The molecular weight excluding hydrogens is 518 g/mol. The molecule has 0 aliphatic heterocycles. The summed E-state index contributed by atoms with van der Waals surface area (Å²) in [6, 6.07) is -1.06. The van der Waals surface area contributed by atoms with Crippen LogP contribution in [0.4, 0.5) is 0 Å². The molecule has 0 radical (unpaired) electrons. The molecule has 0 fully saturated rings. The zero-order valence-electron chi connectivity index (χ0n) is 24.7. The van der Waals surface area contributed by atoms with Crippen LogP contribution in [0.5, 0.6) is 0 Å². The number of aliphatic carboxylic acids is 1. The van der Waals surface area contributed by atoms with Crippen molar-refractivity contribution in [3.8, 4) is 0 Å². The Hall–Kier alpha value is -2.24. The van der Waals surface area contributed by atoms with Gasteiger partial charge in [-0.25, -0.2) is 4.79 Å². The van der Waals surface area contributed by atoms with Crippen molar-refractivity contribution in [3.63, 3.8) is 0 Å². The van der Waals surface area contributed by atoms with Crippen molar-refractivity contribution in [2.24, 2.45) is 0 Å². The number of ether oxygens (including phenoxy) is 3. The van der Waals surface area contributed by atoms with Gasteiger partial charge in [0.15, 0.2) is 0 Å². The molecule has 11 nitrogen and oxygen atoms in total. The second-order valence-corrected chi connectivity index (χ2v) is 9.83. The van der Waals surface area contributed by atoms with Crippen molar-refractivity contribution in [3.05, 3.63) is 0 Å². The zero-order chi connectivity index (χ0) is 29.5. The number of hydrogen-bond acceptors (Lipinski definition) is 7. The number of amides is 3. The SMILES string of the molecule is CCOCCOCCNC(=O)CCC(NC(=O)CCCCCCCCCCCCCCOCCNC=O)C(=O)O. The average Bonchev–Trinajstić information content (AvgIpc) is 2.94. The summed E-state index contributed by atoms with van der Waals surface area (Å²) in [6.45, 7) is 6.11. The minimum atomic E-state index is -1.13. The molecule has 0 aliphatic carbocycles. The molecule has 0 saturated carbocycles. The predicted octanol–water partition coefficient (Wildman–Crippen LogP) is 3.34. The highest BCUT2D eigenvalue weighted by molar-refractivity contribution is 5.84. The molecule has 0 spiro atoms. The smallest absolute Gasteiger partial charge is 0.326 e. The van der Waals surface area contributed by atoms with Crippen LogP contribution < -0.4 is 16.0 Å². The van der Waals surface area contributed by atoms with Crippen LogP contribution in [0.25, 0.3) is 0 Å². The minimum absolute atomic E-state index is 0.0213. The van der Waals surface area contributed by atoms with Crippen LogP contribution in [0.1, 0.15) is 103 Å². The van der Waals surface area contributed by atoms with Crippen LogP contribution in [-0.2, 0) is 33.4 Å². The van der Waals surface area contributed by atoms with Crippen molar-refractivity contribution in [1.82, 2.24) is 16.0 Å². The second kappa shape index (κ2) is 29.7. The lowest BCUT2D eigenvalue weighted by Crippen LogP contribution is -2.41. The highest BCUT2D eigenvalue weighted by Gasteiger charge is 2.20. The van der Waals surface area contributed by atoms with Gasteiger partial charge < -0.3 is 35.3 Å². The first-order valence-electron chi connectivity index (χ1n) is 15.2. The molecule has 0 rings (SSSR count). The summed E-state index contributed by atoms with van der Waals surface area (Å²) in [5.41, 5.74) is 0. The first-order chi connectivity index (χ1) is 19.5. The zero-order valence-corrected chi connectivity index (χ0v) is 24.7. The van der Waals surface area contributed by atoms with Crippen molar-refractivity contribution in [1.29, 1.82) is 0 Å². The lowest BCUT2D eigenvalue weighted by molar-refractivity contribution is -0.142. The van der Waals surface area contributed by atoms with Gasteiger partial charge in [-0.1, -0.05) is 64.2 Å². The summed E-state index contributed by atoms with van der Waals surface area (Å²) in [7, 11) is 0. The fraction of sp³-hybridized carbons (Fsp3) is 0.862. The van der Waals surface area contributed by atoms with E-state index in [0.717, 1.165) is 38.7 Å². The Bertz CT molecular complexity index is 636. The van der Waals surface area contributed by atoms with Gasteiger partial charge in [0, 0.05) is 39.1 Å². The van der Waals surface area contributed by atoms with E-state index < -0.39 is 12.0 Å². The molecule has 40 heavy (non-hydrogen) atoms. The van der Waals surface area contributed by atoms with Crippen LogP contribution in [0.2, 0.25) is 0 Å². The first kappa shape index (κ1) is 37.8. The summed E-state index contributed by atoms with van der Waals surface area (Å²) in [4.78, 5) is 45.7. The molecule has 4 N–H and O–H groups in total. The average molecular weight is 574 g/mol. The van der Waals surface area contributed by atoms with E-state index in [4.69, 9.17) is 14.2 Å². The quantitative estimate of drug-likeness (QED) is 0.0728. The van der Waals surface area contributed by atoms with Crippen LogP contribution >= 0.6 is 0 Å². The second-order valence-electron chi connectivity index (χ2n) is 9.83. The molecule has 0 aromatic heterocycles. The van der Waals surface area contributed by atoms with Crippen molar-refractivity contribution in [2.45, 2.75) is 109 Å². The van der Waals surface area contributed by atoms with Gasteiger partial charge in [-0.3, -0.25) is 14.4 Å². The third kappa shape index (κ3) is 27.3. The van der Waals surface area contributed by atoms with Gasteiger partial charge in [-0.05, 0) is 26.2 Å². The molecule has 1 atom stereocenters. The van der Waals surface area contributed by atoms with Crippen LogP contribution in [0.15, 0.2) is 0 Å². The maximum Gasteiger partial charge on any atom is 0.326 e. The largest absolute Gasteiger partial charge is 0.480 e. The molecule has 0 saturated heterocycles. The maximum absolute atomic E-state index is 12.2. The third-order valence-electron chi connectivity index (χ3n) is 6.35. The van der Waals surface area contributed by atoms with E-state index in [0.29, 0.717) is 59.0 Å². The Morgan fingerprint density at radius 2 is 1.23 bits per heavy atom. The lowest BCUT2D eigenvalue weighted by Gasteiger charge is -2.14. The summed E-state index contributed by atoms with van der Waals surface area (Å²) < 4.78 is 15.9. The Balaban J connectivity index is 3.60. The standard InChI is InChI=1S/C29H55N3O8/c1-2-38-23-24-40-22-19-31-27(34)17-16-26(29(36)37)32-28(35)15-13-11-9-7-5-3-4-6-8-10-12-14-20-39-21-18-30-25-33/h25-26H,2-24H2,1H3,(H,30,33)(H,31,34)(H,32,35)(H,36,37). The molecular formula is C29H55N3O8. The summed E-state index contributed by atoms with van der Waals surface area (Å²) in [5.74, 6) is -1.68. The van der Waals surface area contributed by atoms with Gasteiger partial charge in [0.25, 0.3) is 0 Å². The summed E-state index contributed by atoms with van der Waals surface area (Å²) >= 11 is 0. The van der Waals surface area contributed by atoms with E-state index in [2.05, 4.69) is 16.0 Å². The Labute approximate surface area is 240 Å². The summed E-state index contributed by atoms with van der Waals surface area (Å²) in [5, 5.41) is 17.2. The number of carboxylic acid groups (broad SMARTS) is 1. The lowest BCUT2D eigenvalue weighted by atomic mass is 10.0. The highest BCUT2D eigenvalue weighted by Crippen LogP contribution is 2.12. The normalized spacial score (nSPS) is 11.6. The number of unbranched alkanes of at least 4 members (excludes halogenated alkanes) is 11. The number of rotatable bonds is 31. The third-order valence-corrected chi connectivity index (χ3v) is 6.35. The fourth-order valence-electron chi connectivity index (χ4n) is 4.06. The topological polar surface area (TPSA) is 152 Å². The van der Waals surface area contributed by atoms with Crippen molar-refractivity contribution in [2.75, 3.05) is 52.7 Å². The van der Waals surface area contributed by atoms with Gasteiger partial charge in [-0.2, -0.15) is 0 Å².